The molecule has 0 aliphatic heterocycles. The summed E-state index contributed by atoms with van der Waals surface area (Å²) < 4.78 is 5.40. The van der Waals surface area contributed by atoms with E-state index in [9.17, 15) is 4.79 Å². The van der Waals surface area contributed by atoms with Crippen LogP contribution in [0.15, 0.2) is 34.7 Å². The average Bonchev–Trinajstić information content (AvgIpc) is 2.76. The van der Waals surface area contributed by atoms with Crippen molar-refractivity contribution in [1.82, 2.24) is 10.2 Å². The molecular weight excluding hydrogens is 264 g/mol. The lowest BCUT2D eigenvalue weighted by Gasteiger charge is -2.14. The first-order valence-electron chi connectivity index (χ1n) is 7.04. The number of nitrogens with zero attached hydrogens (tertiary/aromatic N) is 1. The molecule has 0 saturated heterocycles. The number of carbonyl (C=O) groups excluding carboxylic acids is 1. The Kier molecular flexibility index (Phi) is 4.81. The Labute approximate surface area is 125 Å². The largest absolute Gasteiger partial charge is 0.466 e. The van der Waals surface area contributed by atoms with Crippen molar-refractivity contribution in [2.45, 2.75) is 26.9 Å². The van der Waals surface area contributed by atoms with Gasteiger partial charge in [-0.3, -0.25) is 4.79 Å². The summed E-state index contributed by atoms with van der Waals surface area (Å²) in [7, 11) is 4.07. The highest BCUT2D eigenvalue weighted by molar-refractivity contribution is 5.95. The van der Waals surface area contributed by atoms with Crippen molar-refractivity contribution < 1.29 is 9.21 Å². The van der Waals surface area contributed by atoms with E-state index < -0.39 is 0 Å². The predicted molar refractivity (Wildman–Crippen MR) is 83.2 cm³/mol. The quantitative estimate of drug-likeness (QED) is 0.919. The number of nitrogens with one attached hydrogen (secondary N) is 1. The molecule has 4 nitrogen and oxygen atoms in total. The maximum absolute atomic E-state index is 12.2. The summed E-state index contributed by atoms with van der Waals surface area (Å²) in [5, 5.41) is 2.97. The van der Waals surface area contributed by atoms with E-state index >= 15 is 0 Å². The molecule has 1 aromatic carbocycles. The van der Waals surface area contributed by atoms with Crippen LogP contribution in [0.5, 0.6) is 0 Å². The maximum Gasteiger partial charge on any atom is 0.255 e. The van der Waals surface area contributed by atoms with Gasteiger partial charge in [-0.05, 0) is 45.1 Å². The molecule has 0 saturated carbocycles. The second kappa shape index (κ2) is 6.59. The van der Waals surface area contributed by atoms with Crippen molar-refractivity contribution in [1.29, 1.82) is 0 Å². The second-order valence-corrected chi connectivity index (χ2v) is 5.52. The van der Waals surface area contributed by atoms with Gasteiger partial charge in [0.2, 0.25) is 0 Å². The second-order valence-electron chi connectivity index (χ2n) is 5.52. The van der Waals surface area contributed by atoms with E-state index in [1.54, 1.807) is 6.07 Å². The van der Waals surface area contributed by atoms with E-state index in [2.05, 4.69) is 16.3 Å². The van der Waals surface area contributed by atoms with Gasteiger partial charge in [-0.2, -0.15) is 0 Å². The van der Waals surface area contributed by atoms with Gasteiger partial charge in [0, 0.05) is 13.1 Å². The number of hydrogen-bond donors (Lipinski definition) is 1. The third-order valence-corrected chi connectivity index (χ3v) is 3.33. The Morgan fingerprint density at radius 1 is 1.19 bits per heavy atom. The monoisotopic (exact) mass is 286 g/mol. The minimum Gasteiger partial charge on any atom is -0.466 e. The van der Waals surface area contributed by atoms with Gasteiger partial charge < -0.3 is 14.6 Å². The molecule has 0 spiro atoms. The number of furan rings is 1. The molecule has 1 aromatic heterocycles. The summed E-state index contributed by atoms with van der Waals surface area (Å²) in [5.41, 5.74) is 2.97. The normalized spacial score (nSPS) is 10.9. The molecule has 0 radical (unpaired) electrons. The number of rotatable bonds is 5. The van der Waals surface area contributed by atoms with E-state index in [-0.39, 0.29) is 5.91 Å². The van der Waals surface area contributed by atoms with Crippen LogP contribution in [0.1, 0.15) is 33.0 Å². The minimum absolute atomic E-state index is 0.0935. The van der Waals surface area contributed by atoms with Crippen molar-refractivity contribution in [3.05, 3.63) is 58.5 Å². The van der Waals surface area contributed by atoms with Crippen molar-refractivity contribution in [3.63, 3.8) is 0 Å². The Hall–Kier alpha value is -2.07. The van der Waals surface area contributed by atoms with Crippen LogP contribution in [0.3, 0.4) is 0 Å². The summed E-state index contributed by atoms with van der Waals surface area (Å²) >= 11 is 0. The number of benzene rings is 1. The Morgan fingerprint density at radius 3 is 2.43 bits per heavy atom. The Morgan fingerprint density at radius 2 is 1.86 bits per heavy atom. The molecule has 21 heavy (non-hydrogen) atoms. The SMILES string of the molecule is Cc1cc(C(=O)NCc2ccccc2CN(C)C)c(C)o1. The zero-order valence-corrected chi connectivity index (χ0v) is 13.1. The number of aryl methyl sites for hydroxylation is 2. The van der Waals surface area contributed by atoms with Gasteiger partial charge in [0.1, 0.15) is 11.5 Å². The molecule has 1 N–H and O–H groups in total. The van der Waals surface area contributed by atoms with Gasteiger partial charge in [-0.15, -0.1) is 0 Å². The van der Waals surface area contributed by atoms with Gasteiger partial charge in [0.15, 0.2) is 0 Å². The number of amides is 1. The summed E-state index contributed by atoms with van der Waals surface area (Å²) in [6.45, 7) is 5.03. The van der Waals surface area contributed by atoms with Gasteiger partial charge in [-0.25, -0.2) is 0 Å². The van der Waals surface area contributed by atoms with Crippen LogP contribution in [-0.4, -0.2) is 24.9 Å². The molecule has 4 heteroatoms. The van der Waals surface area contributed by atoms with E-state index in [1.807, 2.05) is 46.1 Å². The molecule has 0 unspecified atom stereocenters. The molecule has 2 rings (SSSR count). The molecule has 112 valence electrons. The van der Waals surface area contributed by atoms with Crippen LogP contribution >= 0.6 is 0 Å². The first-order chi connectivity index (χ1) is 9.97. The van der Waals surface area contributed by atoms with Crippen LogP contribution < -0.4 is 5.32 Å². The van der Waals surface area contributed by atoms with Crippen molar-refractivity contribution in [3.8, 4) is 0 Å². The fraction of sp³-hybridized carbons (Fsp3) is 0.353. The summed E-state index contributed by atoms with van der Waals surface area (Å²) in [6.07, 6.45) is 0. The highest BCUT2D eigenvalue weighted by Crippen LogP contribution is 2.14. The molecule has 0 bridgehead atoms. The number of hydrogen-bond acceptors (Lipinski definition) is 3. The molecule has 0 atom stereocenters. The molecule has 0 aliphatic carbocycles. The van der Waals surface area contributed by atoms with Gasteiger partial charge >= 0.3 is 0 Å². The number of carbonyl (C=O) groups is 1. The van der Waals surface area contributed by atoms with Crippen LogP contribution in [0.4, 0.5) is 0 Å². The third-order valence-electron chi connectivity index (χ3n) is 3.33. The lowest BCUT2D eigenvalue weighted by molar-refractivity contribution is 0.0949. The molecule has 1 amide bonds. The van der Waals surface area contributed by atoms with Crippen LogP contribution in [0, 0.1) is 13.8 Å². The average molecular weight is 286 g/mol. The molecule has 2 aromatic rings. The van der Waals surface area contributed by atoms with E-state index in [1.165, 1.54) is 5.56 Å². The summed E-state index contributed by atoms with van der Waals surface area (Å²) in [5.74, 6) is 1.32. The maximum atomic E-state index is 12.2. The molecular formula is C17H22N2O2. The topological polar surface area (TPSA) is 45.5 Å². The fourth-order valence-electron chi connectivity index (χ4n) is 2.35. The van der Waals surface area contributed by atoms with Crippen LogP contribution in [-0.2, 0) is 13.1 Å². The van der Waals surface area contributed by atoms with Crippen molar-refractivity contribution >= 4 is 5.91 Å². The van der Waals surface area contributed by atoms with Gasteiger partial charge in [0.25, 0.3) is 5.91 Å². The molecule has 0 aliphatic rings. The molecule has 1 heterocycles. The summed E-state index contributed by atoms with van der Waals surface area (Å²) in [4.78, 5) is 14.3. The van der Waals surface area contributed by atoms with Crippen molar-refractivity contribution in [2.75, 3.05) is 14.1 Å². The van der Waals surface area contributed by atoms with Crippen LogP contribution in [0.25, 0.3) is 0 Å². The van der Waals surface area contributed by atoms with Gasteiger partial charge in [-0.1, -0.05) is 24.3 Å². The van der Waals surface area contributed by atoms with Crippen molar-refractivity contribution in [2.24, 2.45) is 0 Å². The zero-order valence-electron chi connectivity index (χ0n) is 13.1. The van der Waals surface area contributed by atoms with E-state index in [4.69, 9.17) is 4.42 Å². The first kappa shape index (κ1) is 15.3. The van der Waals surface area contributed by atoms with E-state index in [0.717, 1.165) is 17.9 Å². The minimum atomic E-state index is -0.0935. The summed E-state index contributed by atoms with van der Waals surface area (Å²) in [6, 6.07) is 9.93. The molecule has 0 fully saturated rings. The Balaban J connectivity index is 2.06. The fourth-order valence-corrected chi connectivity index (χ4v) is 2.35. The van der Waals surface area contributed by atoms with Crippen LogP contribution in [0.2, 0.25) is 0 Å². The predicted octanol–water partition coefficient (Wildman–Crippen LogP) is 2.89. The first-order valence-corrected chi connectivity index (χ1v) is 7.04. The highest BCUT2D eigenvalue weighted by Gasteiger charge is 2.13. The highest BCUT2D eigenvalue weighted by atomic mass is 16.3. The lowest BCUT2D eigenvalue weighted by Crippen LogP contribution is -2.24. The van der Waals surface area contributed by atoms with E-state index in [0.29, 0.717) is 17.9 Å². The standard InChI is InChI=1S/C17H22N2O2/c1-12-9-16(13(2)21-12)17(20)18-10-14-7-5-6-8-15(14)11-19(3)4/h5-9H,10-11H2,1-4H3,(H,18,20). The van der Waals surface area contributed by atoms with Gasteiger partial charge in [0.05, 0.1) is 5.56 Å². The Bertz CT molecular complexity index is 629. The third kappa shape index (κ3) is 3.95. The smallest absolute Gasteiger partial charge is 0.255 e. The lowest BCUT2D eigenvalue weighted by atomic mass is 10.1. The zero-order chi connectivity index (χ0) is 15.4.